The average molecular weight is 586 g/mol. The lowest BCUT2D eigenvalue weighted by Gasteiger charge is -2.34. The predicted octanol–water partition coefficient (Wildman–Crippen LogP) is 5.85. The summed E-state index contributed by atoms with van der Waals surface area (Å²) in [6.07, 6.45) is 2.45. The Bertz CT molecular complexity index is 1740. The molecular weight excluding hydrogens is 550 g/mol. The minimum atomic E-state index is -0.398. The molecule has 11 heteroatoms. The van der Waals surface area contributed by atoms with Gasteiger partial charge in [-0.15, -0.1) is 0 Å². The third-order valence-corrected chi connectivity index (χ3v) is 8.63. The first kappa shape index (κ1) is 27.9. The molecule has 6 rings (SSSR count). The van der Waals surface area contributed by atoms with Gasteiger partial charge in [-0.25, -0.2) is 9.78 Å². The minimum absolute atomic E-state index is 0.192. The number of amides is 3. The molecule has 1 fully saturated rings. The van der Waals surface area contributed by atoms with Crippen LogP contribution in [0.25, 0.3) is 26.4 Å². The van der Waals surface area contributed by atoms with Crippen LogP contribution in [0.4, 0.5) is 16.3 Å². The Morgan fingerprint density at radius 1 is 1.00 bits per heavy atom. The Morgan fingerprint density at radius 2 is 1.76 bits per heavy atom. The van der Waals surface area contributed by atoms with Gasteiger partial charge in [0.1, 0.15) is 5.76 Å². The van der Waals surface area contributed by atoms with Crippen molar-refractivity contribution in [2.45, 2.75) is 39.5 Å². The van der Waals surface area contributed by atoms with Gasteiger partial charge in [-0.1, -0.05) is 62.4 Å². The van der Waals surface area contributed by atoms with E-state index in [-0.39, 0.29) is 11.3 Å². The van der Waals surface area contributed by atoms with Crippen molar-refractivity contribution in [2.24, 2.45) is 0 Å². The molecule has 1 aliphatic rings. The van der Waals surface area contributed by atoms with E-state index in [9.17, 15) is 9.59 Å². The van der Waals surface area contributed by atoms with Crippen LogP contribution in [0.5, 0.6) is 0 Å². The summed E-state index contributed by atoms with van der Waals surface area (Å²) in [5.41, 5.74) is 4.35. The number of urea groups is 1. The monoisotopic (exact) mass is 585 g/mol. The third kappa shape index (κ3) is 5.88. The number of fused-ring (bicyclic) bond motifs is 3. The van der Waals surface area contributed by atoms with Gasteiger partial charge >= 0.3 is 6.03 Å². The second-order valence-electron chi connectivity index (χ2n) is 11.7. The molecule has 1 saturated heterocycles. The predicted molar refractivity (Wildman–Crippen MR) is 166 cm³/mol. The van der Waals surface area contributed by atoms with E-state index in [1.54, 1.807) is 17.4 Å². The number of piperazine rings is 1. The van der Waals surface area contributed by atoms with E-state index >= 15 is 0 Å². The van der Waals surface area contributed by atoms with Gasteiger partial charge in [0, 0.05) is 55.1 Å². The van der Waals surface area contributed by atoms with Crippen molar-refractivity contribution in [3.8, 4) is 11.3 Å². The molecule has 5 aromatic rings. The fourth-order valence-electron chi connectivity index (χ4n) is 5.09. The summed E-state index contributed by atoms with van der Waals surface area (Å²) in [5.74, 6) is 1.25. The molecule has 0 spiro atoms. The maximum absolute atomic E-state index is 12.9. The number of likely N-dealkylation sites (N-methyl/N-ethyl adjacent to an activating group) is 1. The van der Waals surface area contributed by atoms with E-state index in [4.69, 9.17) is 9.51 Å². The molecule has 0 saturated carbocycles. The van der Waals surface area contributed by atoms with Gasteiger partial charge in [0.2, 0.25) is 5.91 Å². The Kier molecular flexibility index (Phi) is 7.46. The molecule has 0 bridgehead atoms. The Hall–Kier alpha value is -4.22. The van der Waals surface area contributed by atoms with E-state index in [2.05, 4.69) is 44.1 Å². The summed E-state index contributed by atoms with van der Waals surface area (Å²) in [5, 5.41) is 9.45. The zero-order valence-corrected chi connectivity index (χ0v) is 25.1. The highest BCUT2D eigenvalue weighted by Gasteiger charge is 2.22. The Morgan fingerprint density at radius 3 is 2.45 bits per heavy atom. The zero-order valence-electron chi connectivity index (χ0n) is 24.3. The van der Waals surface area contributed by atoms with Crippen LogP contribution in [0.3, 0.4) is 0 Å². The first-order valence-corrected chi connectivity index (χ1v) is 15.0. The molecule has 1 aliphatic heterocycles. The molecule has 3 aromatic heterocycles. The topological polar surface area (TPSA) is 108 Å². The quantitative estimate of drug-likeness (QED) is 0.259. The van der Waals surface area contributed by atoms with Crippen LogP contribution in [0.2, 0.25) is 0 Å². The van der Waals surface area contributed by atoms with Crippen LogP contribution in [-0.4, -0.2) is 69.0 Å². The summed E-state index contributed by atoms with van der Waals surface area (Å²) >= 11 is 1.61. The van der Waals surface area contributed by atoms with Crippen LogP contribution in [0, 0.1) is 0 Å². The number of rotatable bonds is 6. The van der Waals surface area contributed by atoms with E-state index in [1.807, 2.05) is 62.2 Å². The molecule has 0 aliphatic carbocycles. The third-order valence-electron chi connectivity index (χ3n) is 7.62. The van der Waals surface area contributed by atoms with Crippen molar-refractivity contribution >= 4 is 50.0 Å². The first-order valence-electron chi connectivity index (χ1n) is 14.2. The van der Waals surface area contributed by atoms with Crippen LogP contribution in [-0.2, 0) is 16.6 Å². The van der Waals surface area contributed by atoms with Gasteiger partial charge in [0.15, 0.2) is 10.8 Å². The first-order chi connectivity index (χ1) is 20.2. The van der Waals surface area contributed by atoms with E-state index < -0.39 is 6.03 Å². The molecule has 0 atom stereocenters. The molecule has 4 heterocycles. The maximum atomic E-state index is 12.9. The zero-order chi connectivity index (χ0) is 29.4. The molecule has 10 nitrogen and oxygen atoms in total. The van der Waals surface area contributed by atoms with E-state index in [1.165, 1.54) is 0 Å². The van der Waals surface area contributed by atoms with E-state index in [0.29, 0.717) is 23.7 Å². The fourth-order valence-corrected chi connectivity index (χ4v) is 6.16. The second-order valence-corrected chi connectivity index (χ2v) is 12.7. The number of thiazole rings is 1. The van der Waals surface area contributed by atoms with Crippen LogP contribution in [0.1, 0.15) is 39.0 Å². The summed E-state index contributed by atoms with van der Waals surface area (Å²) in [4.78, 5) is 35.4. The van der Waals surface area contributed by atoms with Gasteiger partial charge in [-0.05, 0) is 36.4 Å². The lowest BCUT2D eigenvalue weighted by molar-refractivity contribution is -0.132. The molecule has 3 amide bonds. The summed E-state index contributed by atoms with van der Waals surface area (Å²) in [7, 11) is 0. The normalized spacial score (nSPS) is 14.5. The molecule has 2 N–H and O–H groups in total. The highest BCUT2D eigenvalue weighted by atomic mass is 32.1. The fraction of sp³-hybridized carbons (Fsp3) is 0.355. The summed E-state index contributed by atoms with van der Waals surface area (Å²) in [6, 6.07) is 15.1. The van der Waals surface area contributed by atoms with Gasteiger partial charge in [0.25, 0.3) is 0 Å². The number of carbonyl (C=O) groups excluding carboxylic acids is 2. The number of aromatic nitrogens is 3. The van der Waals surface area contributed by atoms with Crippen LogP contribution < -0.4 is 10.6 Å². The van der Waals surface area contributed by atoms with Gasteiger partial charge in [0.05, 0.1) is 22.3 Å². The van der Waals surface area contributed by atoms with Crippen molar-refractivity contribution in [2.75, 3.05) is 43.4 Å². The van der Waals surface area contributed by atoms with Crippen LogP contribution >= 0.6 is 11.3 Å². The number of hydrogen-bond acceptors (Lipinski definition) is 7. The molecule has 2 aromatic carbocycles. The highest BCUT2D eigenvalue weighted by Crippen LogP contribution is 2.31. The molecule has 42 heavy (non-hydrogen) atoms. The van der Waals surface area contributed by atoms with Crippen molar-refractivity contribution in [3.05, 3.63) is 66.1 Å². The molecule has 0 radical (unpaired) electrons. The number of carbonyl (C=O) groups is 2. The van der Waals surface area contributed by atoms with Crippen LogP contribution in [0.15, 0.2) is 59.3 Å². The average Bonchev–Trinajstić information content (AvgIpc) is 3.68. The molecule has 218 valence electrons. The number of anilines is 2. The molecule has 0 unspecified atom stereocenters. The maximum Gasteiger partial charge on any atom is 0.324 e. The lowest BCUT2D eigenvalue weighted by Crippen LogP contribution is -2.48. The Balaban J connectivity index is 1.10. The lowest BCUT2D eigenvalue weighted by atomic mass is 9.93. The SMILES string of the molecule is CCN1CCN(C(=O)Cc2ccc3c(c2)sc2nc(-c4ccc(NC(=O)Nc5cc(C(C)(C)C)on5)cc4)cn23)CC1. The number of nitrogens with one attached hydrogen (secondary N) is 2. The smallest absolute Gasteiger partial charge is 0.324 e. The van der Waals surface area contributed by atoms with Crippen molar-refractivity contribution < 1.29 is 14.1 Å². The standard InChI is InChI=1S/C31H35N7O3S/c1-5-36-12-14-37(15-13-36)28(39)17-20-6-11-24-25(16-20)42-30-33-23(19-38(24)30)21-7-9-22(10-8-21)32-29(40)34-27-18-26(41-35-27)31(2,3)4/h6-11,16,18-19H,5,12-15,17H2,1-4H3,(H2,32,34,35,40). The van der Waals surface area contributed by atoms with E-state index in [0.717, 1.165) is 64.7 Å². The number of nitrogens with zero attached hydrogens (tertiary/aromatic N) is 5. The van der Waals surface area contributed by atoms with Gasteiger partial charge in [-0.2, -0.15) is 0 Å². The van der Waals surface area contributed by atoms with Crippen molar-refractivity contribution in [1.29, 1.82) is 0 Å². The van der Waals surface area contributed by atoms with Crippen molar-refractivity contribution in [1.82, 2.24) is 24.3 Å². The van der Waals surface area contributed by atoms with Gasteiger partial charge < -0.3 is 19.6 Å². The second kappa shape index (κ2) is 11.2. The minimum Gasteiger partial charge on any atom is -0.359 e. The molecular formula is C31H35N7O3S. The Labute approximate surface area is 248 Å². The summed E-state index contributed by atoms with van der Waals surface area (Å²) in [6.45, 7) is 12.7. The largest absolute Gasteiger partial charge is 0.359 e. The number of imidazole rings is 1. The van der Waals surface area contributed by atoms with Crippen molar-refractivity contribution in [3.63, 3.8) is 0 Å². The number of benzene rings is 2. The highest BCUT2D eigenvalue weighted by molar-refractivity contribution is 7.23. The summed E-state index contributed by atoms with van der Waals surface area (Å²) < 4.78 is 8.52. The van der Waals surface area contributed by atoms with Gasteiger partial charge in [-0.3, -0.25) is 14.5 Å². The number of hydrogen-bond donors (Lipinski definition) is 2.